The van der Waals surface area contributed by atoms with E-state index >= 15 is 0 Å². The molecule has 0 spiro atoms. The highest BCUT2D eigenvalue weighted by atomic mass is 32.1. The highest BCUT2D eigenvalue weighted by Crippen LogP contribution is 2.45. The molecule has 0 aliphatic heterocycles. The molecule has 3 rings (SSSR count). The normalized spacial score (nSPS) is 15.3. The van der Waals surface area contributed by atoms with E-state index in [4.69, 9.17) is 23.7 Å². The number of nitrogens with one attached hydrogen (secondary N) is 1. The Balaban J connectivity index is 2.17. The fourth-order valence-electron chi connectivity index (χ4n) is 2.67. The monoisotopic (exact) mass is 282 g/mol. The summed E-state index contributed by atoms with van der Waals surface area (Å²) in [6, 6.07) is 14.3. The molecule has 0 saturated carbocycles. The molecule has 1 aliphatic rings. The van der Waals surface area contributed by atoms with Crippen molar-refractivity contribution in [2.45, 2.75) is 5.92 Å². The first kappa shape index (κ1) is 12.6. The third kappa shape index (κ3) is 1.92. The van der Waals surface area contributed by atoms with Crippen molar-refractivity contribution < 1.29 is 4.79 Å². The van der Waals surface area contributed by atoms with E-state index < -0.39 is 5.92 Å². The van der Waals surface area contributed by atoms with Crippen LogP contribution in [0.1, 0.15) is 17.0 Å². The van der Waals surface area contributed by atoms with E-state index in [-0.39, 0.29) is 11.0 Å². The summed E-state index contributed by atoms with van der Waals surface area (Å²) in [6.45, 7) is 0. The van der Waals surface area contributed by atoms with Crippen LogP contribution in [0.4, 0.5) is 5.69 Å². The topological polar surface area (TPSA) is 81.1 Å². The van der Waals surface area contributed by atoms with Crippen LogP contribution < -0.4 is 16.8 Å². The fourth-order valence-corrected chi connectivity index (χ4v) is 2.79. The minimum absolute atomic E-state index is 0.185. The van der Waals surface area contributed by atoms with Crippen molar-refractivity contribution >= 4 is 28.9 Å². The molecule has 0 bridgehead atoms. The number of carbonyl (C=O) groups excluding carboxylic acids is 1. The molecule has 1 radical (unpaired) electrons. The molecule has 2 aromatic carbocycles. The molecule has 1 unspecified atom stereocenters. The highest BCUT2D eigenvalue weighted by molar-refractivity contribution is 7.80. The molecule has 5 heteroatoms. The van der Waals surface area contributed by atoms with E-state index in [2.05, 4.69) is 11.4 Å². The number of benzene rings is 2. The van der Waals surface area contributed by atoms with Crippen molar-refractivity contribution in [3.8, 4) is 11.1 Å². The largest absolute Gasteiger partial charge is 0.376 e. The van der Waals surface area contributed by atoms with Gasteiger partial charge in [0, 0.05) is 5.69 Å². The Hall–Kier alpha value is -2.40. The first-order valence-electron chi connectivity index (χ1n) is 6.08. The second-order valence-electron chi connectivity index (χ2n) is 4.64. The number of anilines is 1. The number of primary amides is 1. The van der Waals surface area contributed by atoms with Gasteiger partial charge in [0.2, 0.25) is 5.91 Å². The van der Waals surface area contributed by atoms with Crippen LogP contribution in [0, 0.1) is 6.07 Å². The van der Waals surface area contributed by atoms with Gasteiger partial charge in [-0.1, -0.05) is 18.2 Å². The Bertz CT molecular complexity index is 727. The van der Waals surface area contributed by atoms with Gasteiger partial charge in [0.15, 0.2) is 5.11 Å². The number of carbonyl (C=O) groups is 1. The number of nitrogens with two attached hydrogens (primary N) is 2. The average Bonchev–Trinajstić information content (AvgIpc) is 2.71. The molecule has 1 amide bonds. The summed E-state index contributed by atoms with van der Waals surface area (Å²) in [5, 5.41) is 3.05. The minimum atomic E-state index is -0.453. The summed E-state index contributed by atoms with van der Waals surface area (Å²) in [7, 11) is 0. The second-order valence-corrected chi connectivity index (χ2v) is 5.08. The van der Waals surface area contributed by atoms with Gasteiger partial charge in [-0.2, -0.15) is 0 Å². The maximum atomic E-state index is 11.8. The van der Waals surface area contributed by atoms with Crippen LogP contribution in [0.15, 0.2) is 36.4 Å². The van der Waals surface area contributed by atoms with E-state index in [0.29, 0.717) is 0 Å². The molecule has 1 atom stereocenters. The predicted molar refractivity (Wildman–Crippen MR) is 82.2 cm³/mol. The third-order valence-electron chi connectivity index (χ3n) is 3.41. The lowest BCUT2D eigenvalue weighted by Crippen LogP contribution is -2.21. The molecule has 1 aliphatic carbocycles. The molecule has 0 fully saturated rings. The molecule has 0 heterocycles. The highest BCUT2D eigenvalue weighted by Gasteiger charge is 2.32. The number of rotatable bonds is 2. The van der Waals surface area contributed by atoms with Crippen LogP contribution in [-0.2, 0) is 4.79 Å². The van der Waals surface area contributed by atoms with E-state index in [0.717, 1.165) is 27.9 Å². The SMILES string of the molecule is NC(=O)C1c2c[c]ccc2-c2ccc(NC(N)=S)cc21. The van der Waals surface area contributed by atoms with Gasteiger partial charge in [-0.05, 0) is 58.7 Å². The Labute approximate surface area is 121 Å². The molecular formula is C15H12N3OS. The predicted octanol–water partition coefficient (Wildman–Crippen LogP) is 1.74. The van der Waals surface area contributed by atoms with E-state index in [9.17, 15) is 4.79 Å². The van der Waals surface area contributed by atoms with Gasteiger partial charge in [0.1, 0.15) is 0 Å². The average molecular weight is 282 g/mol. The van der Waals surface area contributed by atoms with Crippen LogP contribution >= 0.6 is 12.2 Å². The summed E-state index contributed by atoms with van der Waals surface area (Å²) >= 11 is 4.83. The lowest BCUT2D eigenvalue weighted by Gasteiger charge is -2.11. The van der Waals surface area contributed by atoms with Crippen LogP contribution in [0.25, 0.3) is 11.1 Å². The smallest absolute Gasteiger partial charge is 0.229 e. The van der Waals surface area contributed by atoms with Gasteiger partial charge >= 0.3 is 0 Å². The van der Waals surface area contributed by atoms with Crippen molar-refractivity contribution in [2.75, 3.05) is 5.32 Å². The number of amides is 1. The van der Waals surface area contributed by atoms with E-state index in [1.54, 1.807) is 0 Å². The van der Waals surface area contributed by atoms with Gasteiger partial charge in [-0.25, -0.2) is 0 Å². The van der Waals surface area contributed by atoms with Crippen molar-refractivity contribution in [2.24, 2.45) is 11.5 Å². The summed E-state index contributed by atoms with van der Waals surface area (Å²) in [5.41, 5.74) is 15.6. The Morgan fingerprint density at radius 1 is 1.20 bits per heavy atom. The molecule has 0 aromatic heterocycles. The molecule has 20 heavy (non-hydrogen) atoms. The molecular weight excluding hydrogens is 270 g/mol. The van der Waals surface area contributed by atoms with Gasteiger partial charge in [0.25, 0.3) is 0 Å². The molecule has 5 N–H and O–H groups in total. The van der Waals surface area contributed by atoms with Crippen LogP contribution in [-0.4, -0.2) is 11.0 Å². The Morgan fingerprint density at radius 2 is 1.95 bits per heavy atom. The summed E-state index contributed by atoms with van der Waals surface area (Å²) < 4.78 is 0. The number of fused-ring (bicyclic) bond motifs is 3. The van der Waals surface area contributed by atoms with Gasteiger partial charge < -0.3 is 16.8 Å². The number of thiocarbonyl (C=S) groups is 1. The summed E-state index contributed by atoms with van der Waals surface area (Å²) in [5.74, 6) is -0.831. The van der Waals surface area contributed by atoms with E-state index in [1.807, 2.05) is 36.4 Å². The van der Waals surface area contributed by atoms with Crippen LogP contribution in [0.5, 0.6) is 0 Å². The van der Waals surface area contributed by atoms with Gasteiger partial charge in [0.05, 0.1) is 5.92 Å². The third-order valence-corrected chi connectivity index (χ3v) is 3.51. The molecule has 4 nitrogen and oxygen atoms in total. The van der Waals surface area contributed by atoms with Crippen molar-refractivity contribution in [3.63, 3.8) is 0 Å². The van der Waals surface area contributed by atoms with Crippen molar-refractivity contribution in [1.29, 1.82) is 0 Å². The first-order valence-corrected chi connectivity index (χ1v) is 6.49. The Morgan fingerprint density at radius 3 is 2.65 bits per heavy atom. The first-order chi connectivity index (χ1) is 9.58. The lowest BCUT2D eigenvalue weighted by molar-refractivity contribution is -0.118. The van der Waals surface area contributed by atoms with Crippen LogP contribution in [0.2, 0.25) is 0 Å². The summed E-state index contributed by atoms with van der Waals surface area (Å²) in [4.78, 5) is 11.8. The summed E-state index contributed by atoms with van der Waals surface area (Å²) in [6.07, 6.45) is 0. The number of hydrogen-bond acceptors (Lipinski definition) is 2. The lowest BCUT2D eigenvalue weighted by atomic mass is 9.96. The quantitative estimate of drug-likeness (QED) is 0.733. The fraction of sp³-hybridized carbons (Fsp3) is 0.0667. The molecule has 2 aromatic rings. The van der Waals surface area contributed by atoms with Crippen molar-refractivity contribution in [3.05, 3.63) is 53.6 Å². The zero-order chi connectivity index (χ0) is 14.3. The minimum Gasteiger partial charge on any atom is -0.376 e. The molecule has 0 saturated heterocycles. The standard InChI is InChI=1S/C15H12N3OS/c16-14(19)13-11-4-2-1-3-9(11)10-6-5-8(7-12(10)13)18-15(17)20/h1,3-7,13H,(H2,16,19)(H3,17,18,20). The molecule has 99 valence electrons. The zero-order valence-corrected chi connectivity index (χ0v) is 11.3. The van der Waals surface area contributed by atoms with Crippen LogP contribution in [0.3, 0.4) is 0 Å². The number of hydrogen-bond donors (Lipinski definition) is 3. The maximum Gasteiger partial charge on any atom is 0.229 e. The van der Waals surface area contributed by atoms with Crippen molar-refractivity contribution in [1.82, 2.24) is 0 Å². The maximum absolute atomic E-state index is 11.8. The van der Waals surface area contributed by atoms with Gasteiger partial charge in [-0.3, -0.25) is 4.79 Å². The zero-order valence-electron chi connectivity index (χ0n) is 10.5. The second kappa shape index (κ2) is 4.61. The van der Waals surface area contributed by atoms with Gasteiger partial charge in [-0.15, -0.1) is 0 Å². The Kier molecular flexibility index (Phi) is 2.91. The van der Waals surface area contributed by atoms with E-state index in [1.165, 1.54) is 0 Å².